The van der Waals surface area contributed by atoms with Crippen molar-refractivity contribution in [1.82, 2.24) is 9.78 Å². The van der Waals surface area contributed by atoms with Gasteiger partial charge in [-0.2, -0.15) is 5.10 Å². The largest absolute Gasteiger partial charge is 0.384 e. The summed E-state index contributed by atoms with van der Waals surface area (Å²) >= 11 is 7.98. The fourth-order valence-corrected chi connectivity index (χ4v) is 5.02. The summed E-state index contributed by atoms with van der Waals surface area (Å²) in [5.41, 5.74) is 2.33. The quantitative estimate of drug-likeness (QED) is 0.375. The van der Waals surface area contributed by atoms with E-state index < -0.39 is 15.6 Å². The molecule has 0 saturated carbocycles. The summed E-state index contributed by atoms with van der Waals surface area (Å²) in [5.74, 6) is 0. The lowest BCUT2D eigenvalue weighted by atomic mass is 10.1. The Morgan fingerprint density at radius 2 is 1.75 bits per heavy atom. The van der Waals surface area contributed by atoms with Crippen LogP contribution in [-0.4, -0.2) is 29.6 Å². The minimum atomic E-state index is -3.36. The molecule has 166 valence electrons. The molecule has 9 heteroatoms. The molecule has 0 unspecified atom stereocenters. The first kappa shape index (κ1) is 22.5. The van der Waals surface area contributed by atoms with Crippen LogP contribution >= 0.6 is 22.9 Å². The number of benzene rings is 2. The number of hydrogen-bond donors (Lipinski definition) is 2. The summed E-state index contributed by atoms with van der Waals surface area (Å²) in [6.45, 7) is 3.38. The van der Waals surface area contributed by atoms with Gasteiger partial charge in [0.2, 0.25) is 10.0 Å². The van der Waals surface area contributed by atoms with Gasteiger partial charge in [0, 0.05) is 10.6 Å². The van der Waals surface area contributed by atoms with Crippen molar-refractivity contribution in [2.24, 2.45) is 0 Å². The lowest BCUT2D eigenvalue weighted by Crippen LogP contribution is -2.16. The zero-order valence-electron chi connectivity index (χ0n) is 17.7. The lowest BCUT2D eigenvalue weighted by Gasteiger charge is -2.13. The van der Waals surface area contributed by atoms with Gasteiger partial charge in [0.25, 0.3) is 0 Å². The second-order valence-electron chi connectivity index (χ2n) is 7.96. The number of anilines is 1. The summed E-state index contributed by atoms with van der Waals surface area (Å²) in [7, 11) is -3.36. The van der Waals surface area contributed by atoms with Gasteiger partial charge in [0.15, 0.2) is 0 Å². The monoisotopic (exact) mass is 487 g/mol. The first-order valence-corrected chi connectivity index (χ1v) is 12.9. The molecular weight excluding hydrogens is 466 g/mol. The summed E-state index contributed by atoms with van der Waals surface area (Å²) < 4.78 is 27.4. The molecule has 0 atom stereocenters. The fraction of sp³-hybridized carbons (Fsp3) is 0.174. The van der Waals surface area contributed by atoms with Crippen LogP contribution in [0, 0.1) is 0 Å². The molecule has 0 aliphatic carbocycles. The van der Waals surface area contributed by atoms with E-state index in [0.717, 1.165) is 27.3 Å². The number of sulfonamides is 1. The Labute approximate surface area is 196 Å². The molecule has 0 fully saturated rings. The average molecular weight is 488 g/mol. The number of nitrogens with zero attached hydrogens (tertiary/aromatic N) is 2. The zero-order chi connectivity index (χ0) is 23.1. The maximum absolute atomic E-state index is 11.6. The van der Waals surface area contributed by atoms with E-state index in [-0.39, 0.29) is 0 Å². The number of para-hydroxylation sites is 1. The molecule has 32 heavy (non-hydrogen) atoms. The van der Waals surface area contributed by atoms with E-state index in [4.69, 9.17) is 11.6 Å². The number of thiophene rings is 1. The second-order valence-corrected chi connectivity index (χ2v) is 11.2. The Kier molecular flexibility index (Phi) is 5.89. The van der Waals surface area contributed by atoms with Gasteiger partial charge in [-0.3, -0.25) is 4.72 Å². The summed E-state index contributed by atoms with van der Waals surface area (Å²) in [5, 5.41) is 15.7. The number of halogens is 1. The van der Waals surface area contributed by atoms with Crippen molar-refractivity contribution in [3.05, 3.63) is 77.4 Å². The number of nitrogens with one attached hydrogen (secondary N) is 1. The van der Waals surface area contributed by atoms with E-state index in [2.05, 4.69) is 9.82 Å². The van der Waals surface area contributed by atoms with E-state index in [9.17, 15) is 13.5 Å². The molecule has 4 aromatic rings. The van der Waals surface area contributed by atoms with Gasteiger partial charge in [-0.1, -0.05) is 35.9 Å². The van der Waals surface area contributed by atoms with Crippen LogP contribution in [-0.2, 0) is 15.6 Å². The summed E-state index contributed by atoms with van der Waals surface area (Å²) in [6, 6.07) is 20.5. The third-order valence-corrected chi connectivity index (χ3v) is 6.81. The van der Waals surface area contributed by atoms with Crippen molar-refractivity contribution in [3.8, 4) is 26.7 Å². The normalized spacial score (nSPS) is 12.2. The highest BCUT2D eigenvalue weighted by atomic mass is 35.5. The van der Waals surface area contributed by atoms with E-state index >= 15 is 0 Å². The minimum Gasteiger partial charge on any atom is -0.384 e. The SMILES string of the molecule is CC(C)(O)c1cc(-c2ccc(-c3cccc(NS(C)(=O)=O)c3)s2)n(-c2ccccc2Cl)n1. The number of aliphatic hydroxyl groups is 1. The molecule has 2 N–H and O–H groups in total. The van der Waals surface area contributed by atoms with Crippen molar-refractivity contribution < 1.29 is 13.5 Å². The van der Waals surface area contributed by atoms with Crippen LogP contribution in [0.5, 0.6) is 0 Å². The number of hydrogen-bond acceptors (Lipinski definition) is 5. The highest BCUT2D eigenvalue weighted by Gasteiger charge is 2.24. The van der Waals surface area contributed by atoms with Gasteiger partial charge in [-0.15, -0.1) is 11.3 Å². The Hall–Kier alpha value is -2.65. The zero-order valence-corrected chi connectivity index (χ0v) is 20.1. The molecular formula is C23H22ClN3O3S2. The third kappa shape index (κ3) is 4.88. The van der Waals surface area contributed by atoms with Gasteiger partial charge in [0.05, 0.1) is 33.2 Å². The van der Waals surface area contributed by atoms with Crippen molar-refractivity contribution in [2.75, 3.05) is 11.0 Å². The highest BCUT2D eigenvalue weighted by molar-refractivity contribution is 7.92. The standard InChI is InChI=1S/C23H22ClN3O3S2/c1-23(2,28)22-14-19(27(25-22)18-10-5-4-9-17(18)24)21-12-11-20(31-21)15-7-6-8-16(13-15)26-32(3,29)30/h4-14,26,28H,1-3H3. The fourth-order valence-electron chi connectivity index (χ4n) is 3.24. The Bertz CT molecular complexity index is 1390. The van der Waals surface area contributed by atoms with E-state index in [0.29, 0.717) is 22.1 Å². The molecule has 2 aromatic carbocycles. The van der Waals surface area contributed by atoms with Gasteiger partial charge in [-0.05, 0) is 61.9 Å². The number of rotatable bonds is 6. The highest BCUT2D eigenvalue weighted by Crippen LogP contribution is 2.38. The smallest absolute Gasteiger partial charge is 0.229 e. The minimum absolute atomic E-state index is 0.505. The predicted octanol–water partition coefficient (Wildman–Crippen LogP) is 5.52. The molecule has 2 aromatic heterocycles. The molecule has 0 amide bonds. The van der Waals surface area contributed by atoms with Crippen molar-refractivity contribution >= 4 is 38.6 Å². The second kappa shape index (κ2) is 8.37. The van der Waals surface area contributed by atoms with Gasteiger partial charge < -0.3 is 5.11 Å². The molecule has 4 rings (SSSR count). The lowest BCUT2D eigenvalue weighted by molar-refractivity contribution is 0.0734. The van der Waals surface area contributed by atoms with Crippen LogP contribution in [0.15, 0.2) is 66.7 Å². The Balaban J connectivity index is 1.79. The van der Waals surface area contributed by atoms with Crippen LogP contribution in [0.2, 0.25) is 5.02 Å². The first-order valence-electron chi connectivity index (χ1n) is 9.77. The molecule has 0 spiro atoms. The van der Waals surface area contributed by atoms with Gasteiger partial charge in [0.1, 0.15) is 5.60 Å². The van der Waals surface area contributed by atoms with Crippen LogP contribution in [0.1, 0.15) is 19.5 Å². The molecule has 0 aliphatic heterocycles. The van der Waals surface area contributed by atoms with Crippen LogP contribution in [0.4, 0.5) is 5.69 Å². The van der Waals surface area contributed by atoms with Crippen LogP contribution in [0.3, 0.4) is 0 Å². The van der Waals surface area contributed by atoms with Crippen molar-refractivity contribution in [3.63, 3.8) is 0 Å². The van der Waals surface area contributed by atoms with Crippen molar-refractivity contribution in [1.29, 1.82) is 0 Å². The third-order valence-electron chi connectivity index (χ3n) is 4.73. The Morgan fingerprint density at radius 1 is 1.03 bits per heavy atom. The molecule has 2 heterocycles. The summed E-state index contributed by atoms with van der Waals surface area (Å²) in [4.78, 5) is 1.90. The van der Waals surface area contributed by atoms with E-state index in [1.807, 2.05) is 48.5 Å². The predicted molar refractivity (Wildman–Crippen MR) is 131 cm³/mol. The summed E-state index contributed by atoms with van der Waals surface area (Å²) in [6.07, 6.45) is 1.12. The average Bonchev–Trinajstić information content (AvgIpc) is 3.34. The van der Waals surface area contributed by atoms with Crippen LogP contribution < -0.4 is 4.72 Å². The van der Waals surface area contributed by atoms with E-state index in [1.165, 1.54) is 0 Å². The molecule has 0 aliphatic rings. The molecule has 0 radical (unpaired) electrons. The molecule has 6 nitrogen and oxygen atoms in total. The molecule has 0 bridgehead atoms. The Morgan fingerprint density at radius 3 is 2.44 bits per heavy atom. The van der Waals surface area contributed by atoms with Crippen LogP contribution in [0.25, 0.3) is 26.7 Å². The topological polar surface area (TPSA) is 84.2 Å². The number of aromatic nitrogens is 2. The van der Waals surface area contributed by atoms with E-state index in [1.54, 1.807) is 48.1 Å². The van der Waals surface area contributed by atoms with Crippen molar-refractivity contribution in [2.45, 2.75) is 19.4 Å². The van der Waals surface area contributed by atoms with Gasteiger partial charge >= 0.3 is 0 Å². The van der Waals surface area contributed by atoms with Gasteiger partial charge in [-0.25, -0.2) is 13.1 Å². The maximum atomic E-state index is 11.6. The first-order chi connectivity index (χ1) is 15.0. The molecule has 0 saturated heterocycles. The maximum Gasteiger partial charge on any atom is 0.229 e.